The number of allylic oxidation sites excluding steroid dienone is 6. The van der Waals surface area contributed by atoms with Gasteiger partial charge in [-0.3, -0.25) is 0 Å². The molecule has 0 aromatic carbocycles. The first kappa shape index (κ1) is 15.0. The van der Waals surface area contributed by atoms with Gasteiger partial charge in [-0.2, -0.15) is 0 Å². The minimum Gasteiger partial charge on any atom is -0.498 e. The summed E-state index contributed by atoms with van der Waals surface area (Å²) in [6, 6.07) is 0. The Bertz CT molecular complexity index is 244. The molecule has 0 aliphatic rings. The molecule has 15 heavy (non-hydrogen) atoms. The minimum absolute atomic E-state index is 0.714. The summed E-state index contributed by atoms with van der Waals surface area (Å²) in [5.74, 6) is 1.66. The third-order valence-electron chi connectivity index (χ3n) is 1.66. The van der Waals surface area contributed by atoms with Crippen LogP contribution in [0.3, 0.4) is 0 Å². The van der Waals surface area contributed by atoms with Crippen molar-refractivity contribution in [3.05, 3.63) is 33.6 Å². The average Bonchev–Trinajstić information content (AvgIpc) is 2.22. The number of ether oxygens (including phenoxy) is 1. The zero-order chi connectivity index (χ0) is 11.5. The molecule has 0 aliphatic heterocycles. The molecular formula is C12H18ClIO. The van der Waals surface area contributed by atoms with E-state index < -0.39 is 0 Å². The highest BCUT2D eigenvalue weighted by Gasteiger charge is 1.90. The van der Waals surface area contributed by atoms with Crippen molar-refractivity contribution < 1.29 is 4.74 Å². The second-order valence-electron chi connectivity index (χ2n) is 3.07. The molecule has 0 aromatic rings. The molecule has 3 heteroatoms. The first-order chi connectivity index (χ1) is 7.20. The molecule has 0 saturated carbocycles. The molecule has 86 valence electrons. The smallest absolute Gasteiger partial charge is 0.0929 e. The summed E-state index contributed by atoms with van der Waals surface area (Å²) >= 11 is 7.85. The van der Waals surface area contributed by atoms with Crippen LogP contribution in [0.25, 0.3) is 0 Å². The number of halogens is 2. The van der Waals surface area contributed by atoms with Gasteiger partial charge in [0, 0.05) is 9.46 Å². The predicted molar refractivity (Wildman–Crippen MR) is 76.6 cm³/mol. The van der Waals surface area contributed by atoms with Gasteiger partial charge in [0.2, 0.25) is 0 Å². The summed E-state index contributed by atoms with van der Waals surface area (Å²) in [5, 5.41) is 0. The van der Waals surface area contributed by atoms with E-state index in [1.807, 2.05) is 32.1 Å². The molecular weight excluding hydrogens is 322 g/mol. The lowest BCUT2D eigenvalue weighted by molar-refractivity contribution is 0.209. The third-order valence-corrected chi connectivity index (χ3v) is 2.65. The van der Waals surface area contributed by atoms with Crippen molar-refractivity contribution in [2.24, 2.45) is 0 Å². The normalized spacial score (nSPS) is 13.6. The van der Waals surface area contributed by atoms with Crippen LogP contribution in [0.2, 0.25) is 0 Å². The van der Waals surface area contributed by atoms with Crippen LogP contribution in [0.15, 0.2) is 33.6 Å². The Morgan fingerprint density at radius 1 is 1.33 bits per heavy atom. The molecule has 0 aliphatic carbocycles. The number of hydrogen-bond donors (Lipinski definition) is 0. The molecule has 0 rings (SSSR count). The lowest BCUT2D eigenvalue weighted by atomic mass is 10.3. The topological polar surface area (TPSA) is 9.23 Å². The largest absolute Gasteiger partial charge is 0.498 e. The first-order valence-corrected chi connectivity index (χ1v) is 6.67. The van der Waals surface area contributed by atoms with Crippen LogP contribution in [0.4, 0.5) is 0 Å². The van der Waals surface area contributed by atoms with E-state index in [4.69, 9.17) is 16.3 Å². The summed E-state index contributed by atoms with van der Waals surface area (Å²) in [6.45, 7) is 4.73. The molecule has 0 N–H and O–H groups in total. The molecule has 0 fully saturated rings. The van der Waals surface area contributed by atoms with Crippen LogP contribution in [0.1, 0.15) is 26.7 Å². The second-order valence-corrected chi connectivity index (χ2v) is 4.70. The number of rotatable bonds is 7. The molecule has 0 unspecified atom stereocenters. The van der Waals surface area contributed by atoms with E-state index >= 15 is 0 Å². The van der Waals surface area contributed by atoms with Crippen LogP contribution in [0.5, 0.6) is 0 Å². The Kier molecular flexibility index (Phi) is 10.6. The molecule has 0 atom stereocenters. The third kappa shape index (κ3) is 10.3. The van der Waals surface area contributed by atoms with E-state index in [1.165, 1.54) is 3.58 Å². The number of unbranched alkanes of at least 4 members (excludes halogenated alkanes) is 1. The highest BCUT2D eigenvalue weighted by atomic mass is 127. The molecule has 1 nitrogen and oxygen atoms in total. The van der Waals surface area contributed by atoms with Crippen molar-refractivity contribution in [3.8, 4) is 0 Å². The van der Waals surface area contributed by atoms with Gasteiger partial charge >= 0.3 is 0 Å². The van der Waals surface area contributed by atoms with Gasteiger partial charge in [-0.1, -0.05) is 12.2 Å². The van der Waals surface area contributed by atoms with E-state index in [9.17, 15) is 0 Å². The van der Waals surface area contributed by atoms with Crippen LogP contribution in [-0.4, -0.2) is 12.5 Å². The van der Waals surface area contributed by atoms with Crippen molar-refractivity contribution in [3.63, 3.8) is 0 Å². The monoisotopic (exact) mass is 340 g/mol. The zero-order valence-corrected chi connectivity index (χ0v) is 12.2. The van der Waals surface area contributed by atoms with Gasteiger partial charge in [0.25, 0.3) is 0 Å². The molecule has 0 saturated heterocycles. The Balaban J connectivity index is 3.83. The minimum atomic E-state index is 0.714. The van der Waals surface area contributed by atoms with Crippen LogP contribution >= 0.6 is 34.2 Å². The Morgan fingerprint density at radius 3 is 2.67 bits per heavy atom. The maximum absolute atomic E-state index is 5.57. The maximum atomic E-state index is 5.57. The predicted octanol–water partition coefficient (Wildman–Crippen LogP) is 4.82. The average molecular weight is 341 g/mol. The standard InChI is InChI=1S/C12H18ClIO/c1-3-6-12(14)8-7-11(2)15-10-5-4-9-13/h3,6-8H,4-5,9-10H2,1-2H3/b6-3-,11-7+,12-8+. The van der Waals surface area contributed by atoms with E-state index in [1.54, 1.807) is 0 Å². The van der Waals surface area contributed by atoms with E-state index in [0.717, 1.165) is 25.2 Å². The van der Waals surface area contributed by atoms with Crippen LogP contribution in [-0.2, 0) is 4.74 Å². The van der Waals surface area contributed by atoms with Gasteiger partial charge in [0.1, 0.15) is 0 Å². The lowest BCUT2D eigenvalue weighted by Gasteiger charge is -2.04. The fourth-order valence-corrected chi connectivity index (χ4v) is 1.62. The van der Waals surface area contributed by atoms with E-state index in [0.29, 0.717) is 5.88 Å². The van der Waals surface area contributed by atoms with Gasteiger partial charge in [0.15, 0.2) is 0 Å². The fourth-order valence-electron chi connectivity index (χ4n) is 0.890. The molecule has 0 bridgehead atoms. The van der Waals surface area contributed by atoms with Crippen molar-refractivity contribution in [2.45, 2.75) is 26.7 Å². The highest BCUT2D eigenvalue weighted by Crippen LogP contribution is 2.09. The van der Waals surface area contributed by atoms with Gasteiger partial charge in [-0.15, -0.1) is 11.6 Å². The van der Waals surface area contributed by atoms with E-state index in [2.05, 4.69) is 28.7 Å². The maximum Gasteiger partial charge on any atom is 0.0929 e. The highest BCUT2D eigenvalue weighted by molar-refractivity contribution is 14.1. The van der Waals surface area contributed by atoms with Crippen LogP contribution < -0.4 is 0 Å². The zero-order valence-electron chi connectivity index (χ0n) is 9.30. The summed E-state index contributed by atoms with van der Waals surface area (Å²) in [6.07, 6.45) is 10.1. The quantitative estimate of drug-likeness (QED) is 0.212. The Morgan fingerprint density at radius 2 is 2.07 bits per heavy atom. The van der Waals surface area contributed by atoms with Crippen molar-refractivity contribution in [1.82, 2.24) is 0 Å². The lowest BCUT2D eigenvalue weighted by Crippen LogP contribution is -1.92. The first-order valence-electron chi connectivity index (χ1n) is 5.06. The molecule has 0 amide bonds. The van der Waals surface area contributed by atoms with Gasteiger partial charge in [-0.25, -0.2) is 0 Å². The molecule has 0 aromatic heterocycles. The molecule has 0 heterocycles. The second kappa shape index (κ2) is 10.6. The number of hydrogen-bond acceptors (Lipinski definition) is 1. The summed E-state index contributed by atoms with van der Waals surface area (Å²) < 4.78 is 6.70. The fraction of sp³-hybridized carbons (Fsp3) is 0.500. The van der Waals surface area contributed by atoms with Crippen molar-refractivity contribution in [1.29, 1.82) is 0 Å². The van der Waals surface area contributed by atoms with Crippen molar-refractivity contribution in [2.75, 3.05) is 12.5 Å². The van der Waals surface area contributed by atoms with Gasteiger partial charge in [0.05, 0.1) is 12.4 Å². The van der Waals surface area contributed by atoms with Crippen LogP contribution in [0, 0.1) is 0 Å². The number of alkyl halides is 1. The molecule has 0 spiro atoms. The molecule has 0 radical (unpaired) electrons. The SMILES string of the molecule is C\C=C/C(I)=C\C=C(/C)OCCCCCl. The van der Waals surface area contributed by atoms with Crippen molar-refractivity contribution >= 4 is 34.2 Å². The summed E-state index contributed by atoms with van der Waals surface area (Å²) in [7, 11) is 0. The summed E-state index contributed by atoms with van der Waals surface area (Å²) in [5.41, 5.74) is 0. The summed E-state index contributed by atoms with van der Waals surface area (Å²) in [4.78, 5) is 0. The Labute approximate surface area is 111 Å². The Hall–Kier alpha value is 0.0400. The van der Waals surface area contributed by atoms with Gasteiger partial charge in [-0.05, 0) is 61.4 Å². The van der Waals surface area contributed by atoms with Gasteiger partial charge < -0.3 is 4.74 Å². The van der Waals surface area contributed by atoms with E-state index in [-0.39, 0.29) is 0 Å².